The number of carbonyl (C=O) groups is 1. The zero-order chi connectivity index (χ0) is 20.5. The Bertz CT molecular complexity index is 1050. The molecule has 0 radical (unpaired) electrons. The van der Waals surface area contributed by atoms with Gasteiger partial charge in [-0.2, -0.15) is 0 Å². The number of furan rings is 1. The van der Waals surface area contributed by atoms with Crippen LogP contribution in [0.4, 0.5) is 17.1 Å². The van der Waals surface area contributed by atoms with Crippen molar-refractivity contribution in [2.75, 3.05) is 28.2 Å². The average molecular weight is 402 g/mol. The first-order chi connectivity index (χ1) is 14.7. The molecule has 2 aromatic carbocycles. The third kappa shape index (κ3) is 3.56. The number of anilines is 3. The first kappa shape index (κ1) is 18.8. The van der Waals surface area contributed by atoms with Gasteiger partial charge in [0.25, 0.3) is 5.91 Å². The molecule has 154 valence electrons. The second kappa shape index (κ2) is 7.90. The Morgan fingerprint density at radius 2 is 1.93 bits per heavy atom. The van der Waals surface area contributed by atoms with Crippen LogP contribution >= 0.6 is 0 Å². The lowest BCUT2D eigenvalue weighted by Gasteiger charge is -2.24. The number of nitrogens with one attached hydrogen (secondary N) is 1. The molecule has 3 aromatic rings. The molecule has 1 amide bonds. The number of para-hydroxylation sites is 1. The van der Waals surface area contributed by atoms with Crippen molar-refractivity contribution in [1.29, 1.82) is 0 Å². The normalized spacial score (nSPS) is 18.0. The largest absolute Gasteiger partial charge is 0.467 e. The van der Waals surface area contributed by atoms with Gasteiger partial charge in [-0.3, -0.25) is 4.79 Å². The van der Waals surface area contributed by atoms with Gasteiger partial charge in [0.2, 0.25) is 0 Å². The van der Waals surface area contributed by atoms with Gasteiger partial charge in [-0.25, -0.2) is 0 Å². The highest BCUT2D eigenvalue weighted by Gasteiger charge is 2.28. The molecule has 5 heteroatoms. The van der Waals surface area contributed by atoms with Gasteiger partial charge in [0.15, 0.2) is 0 Å². The van der Waals surface area contributed by atoms with E-state index in [1.165, 1.54) is 29.8 Å². The number of hydrogen-bond acceptors (Lipinski definition) is 4. The lowest BCUT2D eigenvalue weighted by molar-refractivity contribution is 0.102. The zero-order valence-corrected chi connectivity index (χ0v) is 17.3. The van der Waals surface area contributed by atoms with Crippen molar-refractivity contribution >= 4 is 23.0 Å². The van der Waals surface area contributed by atoms with Crippen LogP contribution in [0, 0.1) is 0 Å². The minimum absolute atomic E-state index is 0.127. The molecule has 0 bridgehead atoms. The lowest BCUT2D eigenvalue weighted by atomic mass is 10.1. The lowest BCUT2D eigenvalue weighted by Crippen LogP contribution is -2.29. The summed E-state index contributed by atoms with van der Waals surface area (Å²) < 4.78 is 5.74. The molecule has 2 aliphatic rings. The minimum atomic E-state index is -0.127. The van der Waals surface area contributed by atoms with Crippen molar-refractivity contribution in [2.45, 2.75) is 38.8 Å². The van der Waals surface area contributed by atoms with E-state index < -0.39 is 0 Å². The average Bonchev–Trinajstić information content (AvgIpc) is 3.50. The van der Waals surface area contributed by atoms with Gasteiger partial charge in [-0.05, 0) is 62.1 Å². The van der Waals surface area contributed by atoms with Crippen LogP contribution in [0.25, 0.3) is 0 Å². The van der Waals surface area contributed by atoms with Crippen LogP contribution in [-0.4, -0.2) is 25.0 Å². The van der Waals surface area contributed by atoms with Crippen LogP contribution in [0.2, 0.25) is 0 Å². The molecule has 2 aliphatic heterocycles. The summed E-state index contributed by atoms with van der Waals surface area (Å²) >= 11 is 0. The maximum absolute atomic E-state index is 13.0. The molecule has 5 rings (SSSR count). The maximum atomic E-state index is 13.0. The van der Waals surface area contributed by atoms with Crippen LogP contribution in [0.1, 0.15) is 41.4 Å². The molecule has 0 spiro atoms. The van der Waals surface area contributed by atoms with E-state index in [0.717, 1.165) is 25.2 Å². The van der Waals surface area contributed by atoms with Crippen molar-refractivity contribution in [3.63, 3.8) is 0 Å². The number of amides is 1. The Balaban J connectivity index is 1.33. The van der Waals surface area contributed by atoms with E-state index in [2.05, 4.69) is 58.4 Å². The fourth-order valence-electron chi connectivity index (χ4n) is 4.64. The molecule has 1 unspecified atom stereocenters. The van der Waals surface area contributed by atoms with E-state index >= 15 is 0 Å². The number of hydrogen-bond donors (Lipinski definition) is 1. The van der Waals surface area contributed by atoms with Crippen molar-refractivity contribution in [3.8, 4) is 0 Å². The number of benzene rings is 2. The third-order valence-electron chi connectivity index (χ3n) is 6.23. The van der Waals surface area contributed by atoms with E-state index in [1.807, 2.05) is 12.1 Å². The van der Waals surface area contributed by atoms with Crippen LogP contribution in [0.15, 0.2) is 65.3 Å². The highest BCUT2D eigenvalue weighted by molar-refractivity contribution is 6.05. The molecule has 1 fully saturated rings. The van der Waals surface area contributed by atoms with Gasteiger partial charge in [0.05, 0.1) is 18.4 Å². The molecular formula is C25H27N3O2. The topological polar surface area (TPSA) is 48.7 Å². The van der Waals surface area contributed by atoms with E-state index in [4.69, 9.17) is 4.42 Å². The quantitative estimate of drug-likeness (QED) is 0.647. The number of rotatable bonds is 5. The summed E-state index contributed by atoms with van der Waals surface area (Å²) in [5.41, 5.74) is 5.15. The standard InChI is InChI=1S/C25H27N3O2/c1-18-15-19-7-2-3-10-23(19)28(18)17-24-22(11-14-30-24)25(29)26-20-8-6-9-21(16-20)27-12-4-5-13-27/h2-3,6-11,14,16,18H,4-5,12-13,15,17H2,1H3,(H,26,29). The highest BCUT2D eigenvalue weighted by Crippen LogP contribution is 2.33. The van der Waals surface area contributed by atoms with Crippen molar-refractivity contribution < 1.29 is 9.21 Å². The van der Waals surface area contributed by atoms with E-state index in [9.17, 15) is 4.79 Å². The van der Waals surface area contributed by atoms with Gasteiger partial charge in [0.1, 0.15) is 5.76 Å². The summed E-state index contributed by atoms with van der Waals surface area (Å²) in [6.07, 6.45) is 5.08. The number of carbonyl (C=O) groups excluding carboxylic acids is 1. The molecule has 3 heterocycles. The summed E-state index contributed by atoms with van der Waals surface area (Å²) in [4.78, 5) is 17.7. The Morgan fingerprint density at radius 3 is 2.80 bits per heavy atom. The molecule has 1 saturated heterocycles. The van der Waals surface area contributed by atoms with Gasteiger partial charge in [-0.1, -0.05) is 24.3 Å². The molecule has 0 aliphatic carbocycles. The van der Waals surface area contributed by atoms with Crippen molar-refractivity contribution in [1.82, 2.24) is 0 Å². The fourth-order valence-corrected chi connectivity index (χ4v) is 4.64. The first-order valence-corrected chi connectivity index (χ1v) is 10.8. The summed E-state index contributed by atoms with van der Waals surface area (Å²) in [6, 6.07) is 18.7. The SMILES string of the molecule is CC1Cc2ccccc2N1Cc1occc1C(=O)Nc1cccc(N2CCCC2)c1. The van der Waals surface area contributed by atoms with E-state index in [1.54, 1.807) is 12.3 Å². The first-order valence-electron chi connectivity index (χ1n) is 10.8. The zero-order valence-electron chi connectivity index (χ0n) is 17.3. The Kier molecular flexibility index (Phi) is 4.95. The van der Waals surface area contributed by atoms with E-state index in [0.29, 0.717) is 23.9 Å². The van der Waals surface area contributed by atoms with Crippen molar-refractivity contribution in [3.05, 3.63) is 77.7 Å². The predicted molar refractivity (Wildman–Crippen MR) is 120 cm³/mol. The van der Waals surface area contributed by atoms with Crippen LogP contribution in [0.5, 0.6) is 0 Å². The van der Waals surface area contributed by atoms with Crippen LogP contribution < -0.4 is 15.1 Å². The second-order valence-electron chi connectivity index (χ2n) is 8.27. The third-order valence-corrected chi connectivity index (χ3v) is 6.23. The molecule has 1 atom stereocenters. The minimum Gasteiger partial charge on any atom is -0.467 e. The second-order valence-corrected chi connectivity index (χ2v) is 8.27. The Hall–Kier alpha value is -3.21. The summed E-state index contributed by atoms with van der Waals surface area (Å²) in [5.74, 6) is 0.573. The monoisotopic (exact) mass is 401 g/mol. The molecule has 1 N–H and O–H groups in total. The van der Waals surface area contributed by atoms with Gasteiger partial charge in [0, 0.05) is 36.2 Å². The smallest absolute Gasteiger partial charge is 0.259 e. The molecule has 5 nitrogen and oxygen atoms in total. The van der Waals surface area contributed by atoms with Crippen LogP contribution in [0.3, 0.4) is 0 Å². The highest BCUT2D eigenvalue weighted by atomic mass is 16.3. The van der Waals surface area contributed by atoms with Gasteiger partial charge >= 0.3 is 0 Å². The number of nitrogens with zero attached hydrogens (tertiary/aromatic N) is 2. The summed E-state index contributed by atoms with van der Waals surface area (Å²) in [5, 5.41) is 3.06. The van der Waals surface area contributed by atoms with Gasteiger partial charge < -0.3 is 19.5 Å². The van der Waals surface area contributed by atoms with E-state index in [-0.39, 0.29) is 5.91 Å². The number of fused-ring (bicyclic) bond motifs is 1. The fraction of sp³-hybridized carbons (Fsp3) is 0.320. The predicted octanol–water partition coefficient (Wildman–Crippen LogP) is 5.08. The van der Waals surface area contributed by atoms with Crippen LogP contribution in [-0.2, 0) is 13.0 Å². The van der Waals surface area contributed by atoms with Gasteiger partial charge in [-0.15, -0.1) is 0 Å². The Labute approximate surface area is 177 Å². The molecule has 30 heavy (non-hydrogen) atoms. The molecule has 1 aromatic heterocycles. The summed E-state index contributed by atoms with van der Waals surface area (Å²) in [6.45, 7) is 4.96. The summed E-state index contributed by atoms with van der Waals surface area (Å²) in [7, 11) is 0. The maximum Gasteiger partial charge on any atom is 0.259 e. The molecular weight excluding hydrogens is 374 g/mol. The Morgan fingerprint density at radius 1 is 1.10 bits per heavy atom. The van der Waals surface area contributed by atoms with Crippen molar-refractivity contribution in [2.24, 2.45) is 0 Å². The molecule has 0 saturated carbocycles.